The molecule has 1 aliphatic rings. The van der Waals surface area contributed by atoms with Crippen molar-refractivity contribution in [3.8, 4) is 0 Å². The lowest BCUT2D eigenvalue weighted by molar-refractivity contribution is -0.385. The molecule has 1 N–H and O–H groups in total. The summed E-state index contributed by atoms with van der Waals surface area (Å²) in [5.41, 5.74) is 0.310. The van der Waals surface area contributed by atoms with E-state index >= 15 is 0 Å². The molecular weight excluding hydrogens is 330 g/mol. The van der Waals surface area contributed by atoms with Crippen LogP contribution in [-0.2, 0) is 9.53 Å². The first-order valence-corrected chi connectivity index (χ1v) is 7.84. The topological polar surface area (TPSA) is 113 Å². The van der Waals surface area contributed by atoms with Gasteiger partial charge in [0.2, 0.25) is 0 Å². The summed E-state index contributed by atoms with van der Waals surface area (Å²) >= 11 is 0. The van der Waals surface area contributed by atoms with Crippen LogP contribution in [0.5, 0.6) is 0 Å². The van der Waals surface area contributed by atoms with E-state index in [0.717, 1.165) is 0 Å². The molecule has 1 aliphatic heterocycles. The SMILES string of the molecule is Cc1cccc(C(=O)N2CCOC(CN(C)CC(=O)O)C2)c1[N+](=O)[O-]. The first-order chi connectivity index (χ1) is 11.8. The second-order valence-corrected chi connectivity index (χ2v) is 6.06. The van der Waals surface area contributed by atoms with Gasteiger partial charge in [-0.3, -0.25) is 24.6 Å². The molecule has 1 amide bonds. The Morgan fingerprint density at radius 3 is 2.84 bits per heavy atom. The van der Waals surface area contributed by atoms with E-state index in [4.69, 9.17) is 9.84 Å². The molecule has 1 saturated heterocycles. The smallest absolute Gasteiger partial charge is 0.317 e. The lowest BCUT2D eigenvalue weighted by Crippen LogP contribution is -2.49. The number of ether oxygens (including phenoxy) is 1. The van der Waals surface area contributed by atoms with Crippen molar-refractivity contribution in [2.75, 3.05) is 39.8 Å². The average Bonchev–Trinajstić information content (AvgIpc) is 2.52. The average molecular weight is 351 g/mol. The summed E-state index contributed by atoms with van der Waals surface area (Å²) in [5, 5.41) is 20.1. The zero-order valence-corrected chi connectivity index (χ0v) is 14.2. The molecule has 0 radical (unpaired) electrons. The fourth-order valence-electron chi connectivity index (χ4n) is 2.90. The van der Waals surface area contributed by atoms with Gasteiger partial charge in [0.15, 0.2) is 0 Å². The van der Waals surface area contributed by atoms with Crippen molar-refractivity contribution in [2.45, 2.75) is 13.0 Å². The van der Waals surface area contributed by atoms with Gasteiger partial charge in [-0.25, -0.2) is 0 Å². The van der Waals surface area contributed by atoms with Crippen molar-refractivity contribution >= 4 is 17.6 Å². The van der Waals surface area contributed by atoms with Gasteiger partial charge in [0.1, 0.15) is 5.56 Å². The molecule has 25 heavy (non-hydrogen) atoms. The number of carbonyl (C=O) groups is 2. The molecule has 1 fully saturated rings. The van der Waals surface area contributed by atoms with Gasteiger partial charge in [-0.15, -0.1) is 0 Å². The lowest BCUT2D eigenvalue weighted by Gasteiger charge is -2.34. The van der Waals surface area contributed by atoms with Crippen molar-refractivity contribution < 1.29 is 24.4 Å². The summed E-state index contributed by atoms with van der Waals surface area (Å²) in [7, 11) is 1.66. The van der Waals surface area contributed by atoms with Crippen LogP contribution < -0.4 is 0 Å². The van der Waals surface area contributed by atoms with Crippen molar-refractivity contribution in [3.05, 3.63) is 39.4 Å². The number of hydrogen-bond acceptors (Lipinski definition) is 6. The van der Waals surface area contributed by atoms with Crippen LogP contribution >= 0.6 is 0 Å². The molecule has 0 aliphatic carbocycles. The highest BCUT2D eigenvalue weighted by Crippen LogP contribution is 2.25. The van der Waals surface area contributed by atoms with E-state index in [1.165, 1.54) is 11.0 Å². The number of nitro groups is 1. The highest BCUT2D eigenvalue weighted by molar-refractivity contribution is 5.98. The summed E-state index contributed by atoms with van der Waals surface area (Å²) in [6.45, 7) is 2.72. The molecule has 0 saturated carbocycles. The number of amides is 1. The number of benzene rings is 1. The van der Waals surface area contributed by atoms with Crippen LogP contribution in [0, 0.1) is 17.0 Å². The third-order valence-electron chi connectivity index (χ3n) is 4.00. The number of aliphatic carboxylic acids is 1. The molecule has 0 bridgehead atoms. The molecule has 1 unspecified atom stereocenters. The summed E-state index contributed by atoms with van der Waals surface area (Å²) in [6.07, 6.45) is -0.342. The molecule has 1 aromatic rings. The zero-order chi connectivity index (χ0) is 18.6. The molecule has 1 heterocycles. The summed E-state index contributed by atoms with van der Waals surface area (Å²) in [5.74, 6) is -1.36. The Kier molecular flexibility index (Phi) is 6.05. The fraction of sp³-hybridized carbons (Fsp3) is 0.500. The van der Waals surface area contributed by atoms with Gasteiger partial charge in [-0.05, 0) is 20.0 Å². The van der Waals surface area contributed by atoms with E-state index in [1.54, 1.807) is 31.0 Å². The number of hydrogen-bond donors (Lipinski definition) is 1. The molecule has 9 nitrogen and oxygen atoms in total. The minimum atomic E-state index is -0.943. The molecule has 2 rings (SSSR count). The second-order valence-electron chi connectivity index (χ2n) is 6.06. The number of carboxylic acids is 1. The van der Waals surface area contributed by atoms with Crippen LogP contribution in [-0.4, -0.2) is 77.6 Å². The number of morpholine rings is 1. The van der Waals surface area contributed by atoms with Crippen LogP contribution in [0.1, 0.15) is 15.9 Å². The highest BCUT2D eigenvalue weighted by atomic mass is 16.6. The molecule has 0 aromatic heterocycles. The standard InChI is InChI=1S/C16H21N3O6/c1-11-4-3-5-13(15(11)19(23)24)16(22)18-6-7-25-12(9-18)8-17(2)10-14(20)21/h3-5,12H,6-10H2,1-2H3,(H,20,21). The van der Waals surface area contributed by atoms with Crippen molar-refractivity contribution in [2.24, 2.45) is 0 Å². The van der Waals surface area contributed by atoms with Crippen molar-refractivity contribution in [1.82, 2.24) is 9.80 Å². The fourth-order valence-corrected chi connectivity index (χ4v) is 2.90. The monoisotopic (exact) mass is 351 g/mol. The molecule has 1 atom stereocenters. The Bertz CT molecular complexity index is 678. The van der Waals surface area contributed by atoms with E-state index in [-0.39, 0.29) is 30.4 Å². The number of carboxylic acid groups (broad SMARTS) is 1. The largest absolute Gasteiger partial charge is 0.480 e. The van der Waals surface area contributed by atoms with Gasteiger partial charge in [0.05, 0.1) is 24.2 Å². The summed E-state index contributed by atoms with van der Waals surface area (Å²) in [4.78, 5) is 37.3. The summed E-state index contributed by atoms with van der Waals surface area (Å²) in [6, 6.07) is 4.67. The zero-order valence-electron chi connectivity index (χ0n) is 14.2. The van der Waals surface area contributed by atoms with Gasteiger partial charge < -0.3 is 14.7 Å². The van der Waals surface area contributed by atoms with Crippen LogP contribution in [0.15, 0.2) is 18.2 Å². The third-order valence-corrected chi connectivity index (χ3v) is 4.00. The Hall–Kier alpha value is -2.52. The van der Waals surface area contributed by atoms with E-state index in [0.29, 0.717) is 25.3 Å². The Morgan fingerprint density at radius 1 is 1.48 bits per heavy atom. The van der Waals surface area contributed by atoms with Crippen molar-refractivity contribution in [1.29, 1.82) is 0 Å². The number of likely N-dealkylation sites (N-methyl/N-ethyl adjacent to an activating group) is 1. The lowest BCUT2D eigenvalue weighted by atomic mass is 10.1. The summed E-state index contributed by atoms with van der Waals surface area (Å²) < 4.78 is 5.59. The van der Waals surface area contributed by atoms with Crippen LogP contribution in [0.25, 0.3) is 0 Å². The maximum atomic E-state index is 12.7. The maximum Gasteiger partial charge on any atom is 0.317 e. The molecular formula is C16H21N3O6. The number of para-hydroxylation sites is 1. The number of carbonyl (C=O) groups excluding carboxylic acids is 1. The van der Waals surface area contributed by atoms with E-state index in [2.05, 4.69) is 0 Å². The van der Waals surface area contributed by atoms with E-state index in [9.17, 15) is 19.7 Å². The van der Waals surface area contributed by atoms with Gasteiger partial charge in [0, 0.05) is 25.2 Å². The molecule has 0 spiro atoms. The highest BCUT2D eigenvalue weighted by Gasteiger charge is 2.30. The minimum Gasteiger partial charge on any atom is -0.480 e. The van der Waals surface area contributed by atoms with Crippen LogP contribution in [0.2, 0.25) is 0 Å². The number of rotatable bonds is 6. The predicted octanol–water partition coefficient (Wildman–Crippen LogP) is 0.761. The normalized spacial score (nSPS) is 17.6. The van der Waals surface area contributed by atoms with E-state index < -0.39 is 16.8 Å². The van der Waals surface area contributed by atoms with Gasteiger partial charge in [-0.2, -0.15) is 0 Å². The number of aryl methyl sites for hydroxylation is 1. The Morgan fingerprint density at radius 2 is 2.20 bits per heavy atom. The Balaban J connectivity index is 2.11. The second kappa shape index (κ2) is 8.04. The van der Waals surface area contributed by atoms with E-state index in [1.807, 2.05) is 0 Å². The maximum absolute atomic E-state index is 12.7. The quantitative estimate of drug-likeness (QED) is 0.594. The van der Waals surface area contributed by atoms with Gasteiger partial charge in [0.25, 0.3) is 11.6 Å². The Labute approximate surface area is 144 Å². The first-order valence-electron chi connectivity index (χ1n) is 7.84. The number of nitro benzene ring substituents is 1. The third kappa shape index (κ3) is 4.74. The molecule has 1 aromatic carbocycles. The molecule has 136 valence electrons. The van der Waals surface area contributed by atoms with Crippen molar-refractivity contribution in [3.63, 3.8) is 0 Å². The van der Waals surface area contributed by atoms with Gasteiger partial charge >= 0.3 is 5.97 Å². The van der Waals surface area contributed by atoms with Crippen LogP contribution in [0.4, 0.5) is 5.69 Å². The predicted molar refractivity (Wildman–Crippen MR) is 88.6 cm³/mol. The minimum absolute atomic E-state index is 0.0598. The first kappa shape index (κ1) is 18.8. The number of nitrogens with zero attached hydrogens (tertiary/aromatic N) is 3. The van der Waals surface area contributed by atoms with Gasteiger partial charge in [-0.1, -0.05) is 12.1 Å². The molecule has 9 heteroatoms. The van der Waals surface area contributed by atoms with Crippen LogP contribution in [0.3, 0.4) is 0 Å².